The topological polar surface area (TPSA) is 86.8 Å². The smallest absolute Gasteiger partial charge is 0.264 e. The maximum atomic E-state index is 14.0. The molecule has 0 unspecified atom stereocenters. The second kappa shape index (κ2) is 13.7. The summed E-state index contributed by atoms with van der Waals surface area (Å²) in [6.45, 7) is 0.963. The zero-order valence-corrected chi connectivity index (χ0v) is 24.9. The van der Waals surface area contributed by atoms with Gasteiger partial charge >= 0.3 is 0 Å². The molecule has 0 aromatic heterocycles. The van der Waals surface area contributed by atoms with Gasteiger partial charge in [-0.15, -0.1) is 0 Å². The fourth-order valence-electron chi connectivity index (χ4n) is 4.84. The highest BCUT2D eigenvalue weighted by Gasteiger charge is 2.33. The quantitative estimate of drug-likeness (QED) is 0.293. The maximum Gasteiger partial charge on any atom is 0.264 e. The summed E-state index contributed by atoms with van der Waals surface area (Å²) in [5.74, 6) is -1.53. The lowest BCUT2D eigenvalue weighted by Crippen LogP contribution is -2.53. The lowest BCUT2D eigenvalue weighted by atomic mass is 9.95. The number of carbonyl (C=O) groups excluding carboxylic acids is 2. The summed E-state index contributed by atoms with van der Waals surface area (Å²) in [5, 5.41) is 3.79. The van der Waals surface area contributed by atoms with Gasteiger partial charge in [0, 0.05) is 22.6 Å². The van der Waals surface area contributed by atoms with E-state index in [0.29, 0.717) is 15.6 Å². The van der Waals surface area contributed by atoms with Crippen molar-refractivity contribution in [2.45, 2.75) is 62.6 Å². The SMILES string of the molecule is C[C@@H](C(=O)NC1CCCCC1)N(Cc1ccc(Cl)cc1Cl)C(=O)CN(c1ccccc1)S(=O)(=O)c1ccc(F)cc1. The van der Waals surface area contributed by atoms with Crippen LogP contribution in [0.3, 0.4) is 0 Å². The fourth-order valence-corrected chi connectivity index (χ4v) is 6.72. The Bertz CT molecular complexity index is 1470. The van der Waals surface area contributed by atoms with Crippen LogP contribution < -0.4 is 9.62 Å². The van der Waals surface area contributed by atoms with E-state index in [9.17, 15) is 22.4 Å². The van der Waals surface area contributed by atoms with Crippen molar-refractivity contribution < 1.29 is 22.4 Å². The third-order valence-corrected chi connectivity index (χ3v) is 9.57. The van der Waals surface area contributed by atoms with Crippen molar-refractivity contribution in [1.29, 1.82) is 0 Å². The van der Waals surface area contributed by atoms with E-state index < -0.39 is 34.3 Å². The summed E-state index contributed by atoms with van der Waals surface area (Å²) in [6, 6.07) is 16.5. The number of sulfonamides is 1. The van der Waals surface area contributed by atoms with Crippen LogP contribution in [0.25, 0.3) is 0 Å². The Morgan fingerprint density at radius 3 is 2.27 bits per heavy atom. The number of nitrogens with zero attached hydrogens (tertiary/aromatic N) is 2. The van der Waals surface area contributed by atoms with Gasteiger partial charge in [-0.1, -0.05) is 66.7 Å². The Morgan fingerprint density at radius 1 is 0.976 bits per heavy atom. The minimum atomic E-state index is -4.28. The lowest BCUT2D eigenvalue weighted by Gasteiger charge is -2.33. The molecule has 1 fully saturated rings. The minimum absolute atomic E-state index is 0.0226. The Morgan fingerprint density at radius 2 is 1.63 bits per heavy atom. The normalized spacial score (nSPS) is 14.7. The summed E-state index contributed by atoms with van der Waals surface area (Å²) in [4.78, 5) is 28.5. The number of hydrogen-bond donors (Lipinski definition) is 1. The summed E-state index contributed by atoms with van der Waals surface area (Å²) in [6.07, 6.45) is 4.91. The van der Waals surface area contributed by atoms with E-state index >= 15 is 0 Å². The summed E-state index contributed by atoms with van der Waals surface area (Å²) >= 11 is 12.5. The molecule has 1 saturated carbocycles. The second-order valence-corrected chi connectivity index (χ2v) is 12.8. The molecule has 1 aliphatic carbocycles. The Labute approximate surface area is 250 Å². The highest BCUT2D eigenvalue weighted by atomic mass is 35.5. The highest BCUT2D eigenvalue weighted by molar-refractivity contribution is 7.92. The first-order valence-electron chi connectivity index (χ1n) is 13.4. The lowest BCUT2D eigenvalue weighted by molar-refractivity contribution is -0.139. The molecule has 0 aliphatic heterocycles. The molecule has 0 radical (unpaired) electrons. The van der Waals surface area contributed by atoms with Gasteiger partial charge in [-0.25, -0.2) is 12.8 Å². The monoisotopic (exact) mass is 619 g/mol. The van der Waals surface area contributed by atoms with Crippen molar-refractivity contribution in [2.24, 2.45) is 0 Å². The third-order valence-electron chi connectivity index (χ3n) is 7.20. The van der Waals surface area contributed by atoms with E-state index in [0.717, 1.165) is 60.7 Å². The van der Waals surface area contributed by atoms with Crippen molar-refractivity contribution >= 4 is 50.7 Å². The molecule has 7 nitrogen and oxygen atoms in total. The van der Waals surface area contributed by atoms with Crippen LogP contribution in [-0.2, 0) is 26.2 Å². The van der Waals surface area contributed by atoms with Crippen molar-refractivity contribution in [3.63, 3.8) is 0 Å². The predicted octanol–water partition coefficient (Wildman–Crippen LogP) is 6.19. The van der Waals surface area contributed by atoms with Crippen molar-refractivity contribution in [1.82, 2.24) is 10.2 Å². The number of nitrogens with one attached hydrogen (secondary N) is 1. The van der Waals surface area contributed by atoms with Gasteiger partial charge in [-0.2, -0.15) is 0 Å². The molecule has 0 bridgehead atoms. The van der Waals surface area contributed by atoms with E-state index in [1.807, 2.05) is 0 Å². The van der Waals surface area contributed by atoms with E-state index in [1.54, 1.807) is 55.5 Å². The summed E-state index contributed by atoms with van der Waals surface area (Å²) in [7, 11) is -4.28. The molecule has 1 aliphatic rings. The maximum absolute atomic E-state index is 14.0. The number of benzene rings is 3. The minimum Gasteiger partial charge on any atom is -0.352 e. The summed E-state index contributed by atoms with van der Waals surface area (Å²) < 4.78 is 42.0. The van der Waals surface area contributed by atoms with E-state index in [-0.39, 0.29) is 29.1 Å². The van der Waals surface area contributed by atoms with Crippen molar-refractivity contribution in [3.05, 3.63) is 94.2 Å². The van der Waals surface area contributed by atoms with Crippen LogP contribution in [0.4, 0.5) is 10.1 Å². The van der Waals surface area contributed by atoms with Crippen LogP contribution in [0.15, 0.2) is 77.7 Å². The van der Waals surface area contributed by atoms with Gasteiger partial charge in [-0.3, -0.25) is 13.9 Å². The van der Waals surface area contributed by atoms with Crippen LogP contribution in [0, 0.1) is 5.82 Å². The first kappa shape index (κ1) is 30.8. The largest absolute Gasteiger partial charge is 0.352 e. The molecule has 0 spiro atoms. The van der Waals surface area contributed by atoms with Crippen molar-refractivity contribution in [2.75, 3.05) is 10.8 Å². The molecule has 3 aromatic carbocycles. The van der Waals surface area contributed by atoms with Crippen LogP contribution >= 0.6 is 23.2 Å². The average molecular weight is 621 g/mol. The van der Waals surface area contributed by atoms with Crippen LogP contribution in [-0.4, -0.2) is 43.8 Å². The molecule has 1 atom stereocenters. The number of para-hydroxylation sites is 1. The predicted molar refractivity (Wildman–Crippen MR) is 159 cm³/mol. The standard InChI is InChI=1S/C30H32Cl2FN3O4S/c1-21(30(38)34-25-8-4-2-5-9-25)35(19-22-12-13-23(31)18-28(22)32)29(37)20-36(26-10-6-3-7-11-26)41(39,40)27-16-14-24(33)15-17-27/h3,6-7,10-18,21,25H,2,4-5,8-9,19-20H2,1H3,(H,34,38)/t21-/m0/s1. The highest BCUT2D eigenvalue weighted by Crippen LogP contribution is 2.27. The fraction of sp³-hybridized carbons (Fsp3) is 0.333. The molecule has 41 heavy (non-hydrogen) atoms. The molecule has 2 amide bonds. The molecule has 1 N–H and O–H groups in total. The number of anilines is 1. The van der Waals surface area contributed by atoms with Crippen LogP contribution in [0.5, 0.6) is 0 Å². The molecule has 3 aromatic rings. The van der Waals surface area contributed by atoms with Gasteiger partial charge < -0.3 is 10.2 Å². The van der Waals surface area contributed by atoms with Gasteiger partial charge in [0.1, 0.15) is 18.4 Å². The zero-order valence-electron chi connectivity index (χ0n) is 22.6. The number of carbonyl (C=O) groups is 2. The number of rotatable bonds is 10. The molecule has 0 saturated heterocycles. The number of halogens is 3. The van der Waals surface area contributed by atoms with E-state index in [1.165, 1.54) is 4.90 Å². The zero-order chi connectivity index (χ0) is 29.6. The van der Waals surface area contributed by atoms with Gasteiger partial charge in [0.25, 0.3) is 10.0 Å². The molecule has 11 heteroatoms. The van der Waals surface area contributed by atoms with E-state index in [4.69, 9.17) is 23.2 Å². The molecule has 0 heterocycles. The van der Waals surface area contributed by atoms with Gasteiger partial charge in [0.05, 0.1) is 10.6 Å². The summed E-state index contributed by atoms with van der Waals surface area (Å²) in [5.41, 5.74) is 0.795. The van der Waals surface area contributed by atoms with Crippen molar-refractivity contribution in [3.8, 4) is 0 Å². The third kappa shape index (κ3) is 7.78. The van der Waals surface area contributed by atoms with Gasteiger partial charge in [0.2, 0.25) is 11.8 Å². The molecular formula is C30H32Cl2FN3O4S. The average Bonchev–Trinajstić information content (AvgIpc) is 2.96. The van der Waals surface area contributed by atoms with Gasteiger partial charge in [0.15, 0.2) is 0 Å². The number of amides is 2. The second-order valence-electron chi connectivity index (χ2n) is 10.1. The molecule has 4 rings (SSSR count). The van der Waals surface area contributed by atoms with Crippen LogP contribution in [0.2, 0.25) is 10.0 Å². The Hall–Kier alpha value is -3.14. The van der Waals surface area contributed by atoms with Crippen LogP contribution in [0.1, 0.15) is 44.6 Å². The molecular weight excluding hydrogens is 588 g/mol. The Balaban J connectivity index is 1.67. The molecule has 218 valence electrons. The first-order valence-corrected chi connectivity index (χ1v) is 15.6. The van der Waals surface area contributed by atoms with E-state index in [2.05, 4.69) is 5.32 Å². The number of hydrogen-bond acceptors (Lipinski definition) is 4. The van der Waals surface area contributed by atoms with Gasteiger partial charge in [-0.05, 0) is 73.9 Å². The first-order chi connectivity index (χ1) is 19.6. The Kier molecular flexibility index (Phi) is 10.3.